The SMILES string of the molecule is CCNC(=NCCCN(C)S(=O)(=O)CC)NCCc1ccc(OC)cc1.I. The van der Waals surface area contributed by atoms with Crippen LogP contribution in [0.3, 0.4) is 0 Å². The number of hydrogen-bond donors (Lipinski definition) is 2. The van der Waals surface area contributed by atoms with Gasteiger partial charge in [0.25, 0.3) is 0 Å². The number of methoxy groups -OCH3 is 1. The van der Waals surface area contributed by atoms with E-state index in [2.05, 4.69) is 27.8 Å². The molecule has 0 heterocycles. The first-order valence-electron chi connectivity index (χ1n) is 9.02. The molecule has 0 aliphatic rings. The number of nitrogens with zero attached hydrogens (tertiary/aromatic N) is 2. The van der Waals surface area contributed by atoms with Gasteiger partial charge in [0.15, 0.2) is 5.96 Å². The van der Waals surface area contributed by atoms with Crippen molar-refractivity contribution in [3.05, 3.63) is 29.8 Å². The number of benzene rings is 1. The van der Waals surface area contributed by atoms with E-state index in [1.54, 1.807) is 21.1 Å². The van der Waals surface area contributed by atoms with Gasteiger partial charge < -0.3 is 15.4 Å². The molecule has 0 bridgehead atoms. The molecule has 0 fully saturated rings. The first-order chi connectivity index (χ1) is 12.4. The van der Waals surface area contributed by atoms with E-state index in [0.717, 1.165) is 31.2 Å². The van der Waals surface area contributed by atoms with Crippen LogP contribution in [0, 0.1) is 0 Å². The van der Waals surface area contributed by atoms with Gasteiger partial charge in [-0.3, -0.25) is 4.99 Å². The van der Waals surface area contributed by atoms with Crippen molar-refractivity contribution in [2.45, 2.75) is 26.7 Å². The molecule has 0 spiro atoms. The van der Waals surface area contributed by atoms with Crippen molar-refractivity contribution >= 4 is 40.0 Å². The summed E-state index contributed by atoms with van der Waals surface area (Å²) in [6.07, 6.45) is 1.57. The largest absolute Gasteiger partial charge is 0.497 e. The molecule has 1 rings (SSSR count). The molecule has 2 N–H and O–H groups in total. The van der Waals surface area contributed by atoms with Gasteiger partial charge in [-0.05, 0) is 44.4 Å². The Hall–Kier alpha value is -1.07. The molecule has 0 atom stereocenters. The van der Waals surface area contributed by atoms with Gasteiger partial charge in [0, 0.05) is 33.2 Å². The van der Waals surface area contributed by atoms with E-state index in [0.29, 0.717) is 19.5 Å². The van der Waals surface area contributed by atoms with Crippen LogP contribution in [0.4, 0.5) is 0 Å². The molecule has 156 valence electrons. The van der Waals surface area contributed by atoms with Crippen LogP contribution in [0.15, 0.2) is 29.3 Å². The van der Waals surface area contributed by atoms with Gasteiger partial charge >= 0.3 is 0 Å². The smallest absolute Gasteiger partial charge is 0.213 e. The summed E-state index contributed by atoms with van der Waals surface area (Å²) in [7, 11) is 0.156. The summed E-state index contributed by atoms with van der Waals surface area (Å²) < 4.78 is 30.0. The maximum atomic E-state index is 11.7. The Balaban J connectivity index is 0.00000676. The van der Waals surface area contributed by atoms with Gasteiger partial charge in [0.05, 0.1) is 12.9 Å². The number of guanidine groups is 1. The number of aliphatic imine (C=N–C) groups is 1. The van der Waals surface area contributed by atoms with Crippen LogP contribution in [0.2, 0.25) is 0 Å². The van der Waals surface area contributed by atoms with Crippen molar-refractivity contribution in [3.8, 4) is 5.75 Å². The molecule has 27 heavy (non-hydrogen) atoms. The monoisotopic (exact) mass is 512 g/mol. The Morgan fingerprint density at radius 3 is 2.41 bits per heavy atom. The van der Waals surface area contributed by atoms with Gasteiger partial charge in [0.1, 0.15) is 5.75 Å². The maximum Gasteiger partial charge on any atom is 0.213 e. The number of sulfonamides is 1. The van der Waals surface area contributed by atoms with Crippen molar-refractivity contribution in [2.75, 3.05) is 46.1 Å². The van der Waals surface area contributed by atoms with Gasteiger partial charge in [-0.25, -0.2) is 12.7 Å². The van der Waals surface area contributed by atoms with Crippen LogP contribution in [-0.2, 0) is 16.4 Å². The summed E-state index contributed by atoms with van der Waals surface area (Å²) in [4.78, 5) is 4.50. The third-order valence-corrected chi connectivity index (χ3v) is 5.81. The number of ether oxygens (including phenoxy) is 1. The highest BCUT2D eigenvalue weighted by atomic mass is 127. The molecule has 0 saturated heterocycles. The molecule has 0 aromatic heterocycles. The van der Waals surface area contributed by atoms with E-state index in [4.69, 9.17) is 4.74 Å². The second-order valence-electron chi connectivity index (χ2n) is 5.86. The van der Waals surface area contributed by atoms with E-state index in [-0.39, 0.29) is 29.7 Å². The molecule has 0 unspecified atom stereocenters. The van der Waals surface area contributed by atoms with Crippen molar-refractivity contribution in [3.63, 3.8) is 0 Å². The highest BCUT2D eigenvalue weighted by Gasteiger charge is 2.13. The van der Waals surface area contributed by atoms with Crippen LogP contribution in [-0.4, -0.2) is 64.8 Å². The second-order valence-corrected chi connectivity index (χ2v) is 8.23. The molecule has 0 aliphatic heterocycles. The first-order valence-corrected chi connectivity index (χ1v) is 10.6. The van der Waals surface area contributed by atoms with E-state index in [1.165, 1.54) is 9.87 Å². The number of hydrogen-bond acceptors (Lipinski definition) is 4. The Labute approximate surface area is 181 Å². The highest BCUT2D eigenvalue weighted by Crippen LogP contribution is 2.11. The zero-order valence-electron chi connectivity index (χ0n) is 16.7. The summed E-state index contributed by atoms with van der Waals surface area (Å²) in [5.74, 6) is 1.73. The summed E-state index contributed by atoms with van der Waals surface area (Å²) in [6.45, 7) is 6.26. The van der Waals surface area contributed by atoms with Crippen LogP contribution < -0.4 is 15.4 Å². The number of nitrogens with one attached hydrogen (secondary N) is 2. The quantitative estimate of drug-likeness (QED) is 0.205. The highest BCUT2D eigenvalue weighted by molar-refractivity contribution is 14.0. The predicted molar refractivity (Wildman–Crippen MR) is 123 cm³/mol. The van der Waals surface area contributed by atoms with Crippen molar-refractivity contribution in [2.24, 2.45) is 4.99 Å². The average Bonchev–Trinajstić information content (AvgIpc) is 2.65. The minimum absolute atomic E-state index is 0. The lowest BCUT2D eigenvalue weighted by molar-refractivity contribution is 0.414. The van der Waals surface area contributed by atoms with Crippen molar-refractivity contribution in [1.29, 1.82) is 0 Å². The van der Waals surface area contributed by atoms with E-state index in [1.807, 2.05) is 19.1 Å². The fourth-order valence-electron chi connectivity index (χ4n) is 2.30. The molecule has 1 aromatic carbocycles. The van der Waals surface area contributed by atoms with Gasteiger partial charge in [0.2, 0.25) is 10.0 Å². The van der Waals surface area contributed by atoms with Crippen LogP contribution in [0.25, 0.3) is 0 Å². The average molecular weight is 512 g/mol. The Bertz CT molecular complexity index is 651. The van der Waals surface area contributed by atoms with Gasteiger partial charge in [-0.2, -0.15) is 0 Å². The summed E-state index contributed by atoms with van der Waals surface area (Å²) in [5, 5.41) is 6.51. The second kappa shape index (κ2) is 14.0. The third kappa shape index (κ3) is 10.2. The number of halogens is 1. The maximum absolute atomic E-state index is 11.7. The minimum Gasteiger partial charge on any atom is -0.497 e. The predicted octanol–water partition coefficient (Wildman–Crippen LogP) is 2.08. The summed E-state index contributed by atoms with van der Waals surface area (Å²) in [6, 6.07) is 8.01. The van der Waals surface area contributed by atoms with E-state index >= 15 is 0 Å². The summed E-state index contributed by atoms with van der Waals surface area (Å²) in [5.41, 5.74) is 1.22. The Morgan fingerprint density at radius 1 is 1.19 bits per heavy atom. The lowest BCUT2D eigenvalue weighted by atomic mass is 10.1. The standard InChI is InChI=1S/C18H32N4O3S.HI/c1-5-19-18(20-13-7-15-22(3)26(23,24)6-2)21-14-12-16-8-10-17(25-4)11-9-16;/h8-11H,5-7,12-15H2,1-4H3,(H2,19,20,21);1H. The van der Waals surface area contributed by atoms with Crippen LogP contribution >= 0.6 is 24.0 Å². The zero-order valence-corrected chi connectivity index (χ0v) is 19.8. The van der Waals surface area contributed by atoms with Gasteiger partial charge in [-0.1, -0.05) is 12.1 Å². The molecular formula is C18H33IN4O3S. The van der Waals surface area contributed by atoms with E-state index < -0.39 is 10.0 Å². The lowest BCUT2D eigenvalue weighted by Gasteiger charge is -2.15. The third-order valence-electron chi connectivity index (χ3n) is 3.95. The molecule has 9 heteroatoms. The molecule has 1 aromatic rings. The van der Waals surface area contributed by atoms with Crippen LogP contribution in [0.5, 0.6) is 5.75 Å². The Kier molecular flexibility index (Phi) is 13.4. The topological polar surface area (TPSA) is 83.0 Å². The van der Waals surface area contributed by atoms with Gasteiger partial charge in [-0.15, -0.1) is 24.0 Å². The number of rotatable bonds is 11. The first kappa shape index (κ1) is 25.9. The fourth-order valence-corrected chi connectivity index (χ4v) is 3.15. The minimum atomic E-state index is -3.11. The molecule has 0 saturated carbocycles. The molecule has 7 nitrogen and oxygen atoms in total. The molecule has 0 amide bonds. The van der Waals surface area contributed by atoms with Crippen LogP contribution in [0.1, 0.15) is 25.8 Å². The van der Waals surface area contributed by atoms with E-state index in [9.17, 15) is 8.42 Å². The molecular weight excluding hydrogens is 479 g/mol. The zero-order chi connectivity index (χ0) is 19.4. The normalized spacial score (nSPS) is 11.8. The summed E-state index contributed by atoms with van der Waals surface area (Å²) >= 11 is 0. The van der Waals surface area contributed by atoms with Crippen molar-refractivity contribution < 1.29 is 13.2 Å². The molecule has 0 aliphatic carbocycles. The van der Waals surface area contributed by atoms with Crippen molar-refractivity contribution in [1.82, 2.24) is 14.9 Å². The lowest BCUT2D eigenvalue weighted by Crippen LogP contribution is -2.38. The Morgan fingerprint density at radius 2 is 1.85 bits per heavy atom. The molecule has 0 radical (unpaired) electrons. The fraction of sp³-hybridized carbons (Fsp3) is 0.611.